The Morgan fingerprint density at radius 2 is 2.43 bits per heavy atom. The Morgan fingerprint density at radius 1 is 1.71 bits per heavy atom. The molecule has 14 heavy (non-hydrogen) atoms. The molecule has 1 saturated heterocycles. The van der Waals surface area contributed by atoms with E-state index in [1.54, 1.807) is 0 Å². The minimum Gasteiger partial charge on any atom is -0.376 e. The average Bonchev–Trinajstić information content (AvgIpc) is 2.51. The molecule has 1 heterocycles. The van der Waals surface area contributed by atoms with E-state index in [0.717, 1.165) is 13.0 Å². The minimum absolute atomic E-state index is 0.0882. The van der Waals surface area contributed by atoms with Gasteiger partial charge in [0.2, 0.25) is 5.91 Å². The summed E-state index contributed by atoms with van der Waals surface area (Å²) in [4.78, 5) is 11.5. The van der Waals surface area contributed by atoms with Gasteiger partial charge in [0.1, 0.15) is 0 Å². The van der Waals surface area contributed by atoms with Crippen LogP contribution in [0.4, 0.5) is 0 Å². The summed E-state index contributed by atoms with van der Waals surface area (Å²) < 4.78 is 5.36. The lowest BCUT2D eigenvalue weighted by Crippen LogP contribution is -2.40. The van der Waals surface area contributed by atoms with Crippen molar-refractivity contribution in [2.75, 3.05) is 13.2 Å². The van der Waals surface area contributed by atoms with Gasteiger partial charge in [-0.15, -0.1) is 0 Å². The van der Waals surface area contributed by atoms with Crippen LogP contribution in [0.1, 0.15) is 26.7 Å². The van der Waals surface area contributed by atoms with Crippen molar-refractivity contribution in [3.05, 3.63) is 0 Å². The molecule has 0 aliphatic carbocycles. The van der Waals surface area contributed by atoms with E-state index in [0.29, 0.717) is 13.0 Å². The Kier molecular flexibility index (Phi) is 4.35. The van der Waals surface area contributed by atoms with Crippen LogP contribution >= 0.6 is 0 Å². The molecule has 0 saturated carbocycles. The molecule has 3 N–H and O–H groups in total. The molecule has 0 radical (unpaired) electrons. The first-order chi connectivity index (χ1) is 6.63. The van der Waals surface area contributed by atoms with Crippen molar-refractivity contribution in [1.82, 2.24) is 5.32 Å². The van der Waals surface area contributed by atoms with Crippen LogP contribution in [0.5, 0.6) is 0 Å². The molecule has 1 aliphatic heterocycles. The summed E-state index contributed by atoms with van der Waals surface area (Å²) in [5, 5.41) is 2.97. The van der Waals surface area contributed by atoms with Crippen molar-refractivity contribution < 1.29 is 9.53 Å². The monoisotopic (exact) mass is 200 g/mol. The van der Waals surface area contributed by atoms with Gasteiger partial charge in [-0.3, -0.25) is 4.79 Å². The fourth-order valence-corrected chi connectivity index (χ4v) is 1.59. The fourth-order valence-electron chi connectivity index (χ4n) is 1.59. The molecule has 0 aromatic carbocycles. The SMILES string of the molecule is CC(CN)CC(=O)NC1CCOC1C. The van der Waals surface area contributed by atoms with Crippen LogP contribution in [0.2, 0.25) is 0 Å². The van der Waals surface area contributed by atoms with E-state index < -0.39 is 0 Å². The van der Waals surface area contributed by atoms with E-state index in [2.05, 4.69) is 5.32 Å². The molecule has 1 aliphatic rings. The van der Waals surface area contributed by atoms with Crippen LogP contribution in [0.25, 0.3) is 0 Å². The number of carbonyl (C=O) groups excluding carboxylic acids is 1. The zero-order valence-electron chi connectivity index (χ0n) is 8.95. The van der Waals surface area contributed by atoms with Crippen LogP contribution < -0.4 is 11.1 Å². The van der Waals surface area contributed by atoms with Gasteiger partial charge in [-0.25, -0.2) is 0 Å². The molecule has 82 valence electrons. The predicted octanol–water partition coefficient (Wildman–Crippen LogP) is 0.265. The molecule has 0 spiro atoms. The van der Waals surface area contributed by atoms with Crippen molar-refractivity contribution in [2.24, 2.45) is 11.7 Å². The molecule has 0 bridgehead atoms. The first-order valence-electron chi connectivity index (χ1n) is 5.24. The van der Waals surface area contributed by atoms with Gasteiger partial charge in [0.25, 0.3) is 0 Å². The number of nitrogens with one attached hydrogen (secondary N) is 1. The predicted molar refractivity (Wildman–Crippen MR) is 54.8 cm³/mol. The van der Waals surface area contributed by atoms with Gasteiger partial charge in [-0.2, -0.15) is 0 Å². The molecule has 1 rings (SSSR count). The summed E-state index contributed by atoms with van der Waals surface area (Å²) in [6.07, 6.45) is 1.58. The molecule has 1 amide bonds. The summed E-state index contributed by atoms with van der Waals surface area (Å²) >= 11 is 0. The number of hydrogen-bond acceptors (Lipinski definition) is 3. The highest BCUT2D eigenvalue weighted by molar-refractivity contribution is 5.76. The quantitative estimate of drug-likeness (QED) is 0.684. The average molecular weight is 200 g/mol. The Morgan fingerprint density at radius 3 is 2.93 bits per heavy atom. The van der Waals surface area contributed by atoms with Crippen LogP contribution in [-0.4, -0.2) is 31.2 Å². The van der Waals surface area contributed by atoms with Crippen molar-refractivity contribution in [3.8, 4) is 0 Å². The van der Waals surface area contributed by atoms with Gasteiger partial charge in [-0.1, -0.05) is 6.92 Å². The maximum absolute atomic E-state index is 11.5. The third-order valence-corrected chi connectivity index (χ3v) is 2.66. The first-order valence-corrected chi connectivity index (χ1v) is 5.24. The fraction of sp³-hybridized carbons (Fsp3) is 0.900. The van der Waals surface area contributed by atoms with Crippen LogP contribution in [0.3, 0.4) is 0 Å². The number of amides is 1. The van der Waals surface area contributed by atoms with E-state index in [1.165, 1.54) is 0 Å². The van der Waals surface area contributed by atoms with Crippen molar-refractivity contribution in [3.63, 3.8) is 0 Å². The second-order valence-electron chi connectivity index (χ2n) is 4.08. The molecule has 3 atom stereocenters. The molecule has 4 heteroatoms. The number of hydrogen-bond donors (Lipinski definition) is 2. The second kappa shape index (κ2) is 5.32. The Balaban J connectivity index is 2.26. The standard InChI is InChI=1S/C10H20N2O2/c1-7(6-11)5-10(13)12-9-3-4-14-8(9)2/h7-9H,3-6,11H2,1-2H3,(H,12,13). The van der Waals surface area contributed by atoms with Crippen LogP contribution in [0, 0.1) is 5.92 Å². The zero-order chi connectivity index (χ0) is 10.6. The molecular weight excluding hydrogens is 180 g/mol. The van der Waals surface area contributed by atoms with Gasteiger partial charge in [0.05, 0.1) is 12.1 Å². The maximum Gasteiger partial charge on any atom is 0.220 e. The van der Waals surface area contributed by atoms with E-state index in [9.17, 15) is 4.79 Å². The highest BCUT2D eigenvalue weighted by Gasteiger charge is 2.25. The molecule has 1 fully saturated rings. The van der Waals surface area contributed by atoms with Crippen molar-refractivity contribution >= 4 is 5.91 Å². The Hall–Kier alpha value is -0.610. The van der Waals surface area contributed by atoms with E-state index >= 15 is 0 Å². The summed E-state index contributed by atoms with van der Waals surface area (Å²) in [6, 6.07) is 0.187. The smallest absolute Gasteiger partial charge is 0.220 e. The van der Waals surface area contributed by atoms with E-state index in [-0.39, 0.29) is 24.0 Å². The third kappa shape index (κ3) is 3.27. The lowest BCUT2D eigenvalue weighted by atomic mass is 10.1. The largest absolute Gasteiger partial charge is 0.376 e. The van der Waals surface area contributed by atoms with Gasteiger partial charge in [0, 0.05) is 13.0 Å². The highest BCUT2D eigenvalue weighted by Crippen LogP contribution is 2.13. The van der Waals surface area contributed by atoms with Gasteiger partial charge >= 0.3 is 0 Å². The van der Waals surface area contributed by atoms with Crippen molar-refractivity contribution in [2.45, 2.75) is 38.8 Å². The number of nitrogens with two attached hydrogens (primary N) is 1. The molecule has 3 unspecified atom stereocenters. The van der Waals surface area contributed by atoms with Crippen molar-refractivity contribution in [1.29, 1.82) is 0 Å². The summed E-state index contributed by atoms with van der Waals surface area (Å²) in [5.74, 6) is 0.345. The summed E-state index contributed by atoms with van der Waals surface area (Å²) in [7, 11) is 0. The number of rotatable bonds is 4. The lowest BCUT2D eigenvalue weighted by molar-refractivity contribution is -0.122. The molecular formula is C10H20N2O2. The van der Waals surface area contributed by atoms with Gasteiger partial charge < -0.3 is 15.8 Å². The molecule has 4 nitrogen and oxygen atoms in total. The lowest BCUT2D eigenvalue weighted by Gasteiger charge is -2.17. The van der Waals surface area contributed by atoms with E-state index in [1.807, 2.05) is 13.8 Å². The van der Waals surface area contributed by atoms with Gasteiger partial charge in [0.15, 0.2) is 0 Å². The topological polar surface area (TPSA) is 64.4 Å². The Bertz CT molecular complexity index is 197. The Labute approximate surface area is 85.2 Å². The number of ether oxygens (including phenoxy) is 1. The maximum atomic E-state index is 11.5. The van der Waals surface area contributed by atoms with Crippen LogP contribution in [0.15, 0.2) is 0 Å². The minimum atomic E-state index is 0.0882. The normalized spacial score (nSPS) is 28.8. The molecule has 0 aromatic heterocycles. The van der Waals surface area contributed by atoms with Crippen LogP contribution in [-0.2, 0) is 9.53 Å². The zero-order valence-corrected chi connectivity index (χ0v) is 8.95. The third-order valence-electron chi connectivity index (χ3n) is 2.66. The second-order valence-corrected chi connectivity index (χ2v) is 4.08. The highest BCUT2D eigenvalue weighted by atomic mass is 16.5. The first kappa shape index (κ1) is 11.5. The van der Waals surface area contributed by atoms with Gasteiger partial charge in [-0.05, 0) is 25.8 Å². The number of carbonyl (C=O) groups is 1. The summed E-state index contributed by atoms with van der Waals surface area (Å²) in [6.45, 7) is 5.28. The van der Waals surface area contributed by atoms with E-state index in [4.69, 9.17) is 10.5 Å². The summed E-state index contributed by atoms with van der Waals surface area (Å²) in [5.41, 5.74) is 5.45. The molecule has 0 aromatic rings.